The number of carbonyl (C=O) groups is 4. The Balaban J connectivity index is 1.63. The summed E-state index contributed by atoms with van der Waals surface area (Å²) < 4.78 is 39.5. The first-order chi connectivity index (χ1) is 38.7. The summed E-state index contributed by atoms with van der Waals surface area (Å²) in [6.07, 6.45) is 26.3. The highest BCUT2D eigenvalue weighted by Crippen LogP contribution is 2.41. The van der Waals surface area contributed by atoms with Crippen molar-refractivity contribution in [3.05, 3.63) is 120 Å². The number of aliphatic hydroxyl groups excluding tert-OH is 1. The highest BCUT2D eigenvalue weighted by Gasteiger charge is 2.55. The van der Waals surface area contributed by atoms with E-state index < -0.39 is 75.7 Å². The normalized spacial score (nSPS) is 18.4. The number of hydrogen-bond acceptors (Lipinski definition) is 11. The summed E-state index contributed by atoms with van der Waals surface area (Å²) in [6, 6.07) is 24.8. The van der Waals surface area contributed by atoms with Crippen molar-refractivity contribution in [2.24, 2.45) is 0 Å². The van der Waals surface area contributed by atoms with Gasteiger partial charge in [0.15, 0.2) is 26.8 Å². The van der Waals surface area contributed by atoms with Crippen LogP contribution in [-0.2, 0) is 32.9 Å². The number of rotatable bonds is 41. The Morgan fingerprint density at radius 1 is 0.575 bits per heavy atom. The number of aliphatic hydroxyl groups is 1. The number of benzene rings is 3. The number of amides is 1. The van der Waals surface area contributed by atoms with Gasteiger partial charge in [0.25, 0.3) is 0 Å². The van der Waals surface area contributed by atoms with Crippen LogP contribution in [0, 0.1) is 0 Å². The molecule has 80 heavy (non-hydrogen) atoms. The predicted molar refractivity (Wildman–Crippen MR) is 323 cm³/mol. The Morgan fingerprint density at radius 2 is 0.988 bits per heavy atom. The molecule has 13 heteroatoms. The van der Waals surface area contributed by atoms with Gasteiger partial charge in [0, 0.05) is 6.42 Å². The number of ether oxygens (including phenoxy) is 5. The van der Waals surface area contributed by atoms with Crippen molar-refractivity contribution in [1.29, 1.82) is 0 Å². The highest BCUT2D eigenvalue weighted by atomic mass is 28.4. The van der Waals surface area contributed by atoms with Crippen molar-refractivity contribution >= 4 is 32.1 Å². The van der Waals surface area contributed by atoms with E-state index in [1.165, 1.54) is 109 Å². The van der Waals surface area contributed by atoms with Crippen molar-refractivity contribution < 1.29 is 52.4 Å². The van der Waals surface area contributed by atoms with Gasteiger partial charge in [-0.1, -0.05) is 237 Å². The van der Waals surface area contributed by atoms with E-state index in [-0.39, 0.29) is 35.1 Å². The lowest BCUT2D eigenvalue weighted by atomic mass is 9.98. The van der Waals surface area contributed by atoms with Crippen molar-refractivity contribution in [1.82, 2.24) is 5.32 Å². The zero-order chi connectivity index (χ0) is 57.9. The van der Waals surface area contributed by atoms with Gasteiger partial charge in [-0.2, -0.15) is 0 Å². The van der Waals surface area contributed by atoms with Gasteiger partial charge < -0.3 is 38.5 Å². The monoisotopic (exact) mass is 1130 g/mol. The standard InChI is InChI=1S/C67H103NO11Si/c1-8-10-12-14-16-18-20-22-24-26-28-30-41-49-57(75-63(71)53-43-35-32-36-44-53)56(68-59(70)50-42-31-29-27-25-23-21-19-17-15-13-11-9-2)52-74-66-62(79-80(6,7)67(3,4)5)61(78-65(73)55-47-39-34-40-48-55)60(58(51-69)76-66)77-64(72)54-45-37-33-38-46-54/h32-41,43-49,56-58,60-62,66,69H,8-31,42,50-52H2,1-7H3,(H,68,70)/b49-41+/t56-,57+,58+,60+,61-,62-,66-/m0/s1. The minimum absolute atomic E-state index is 0.212. The molecular formula is C67H103NO11Si. The fourth-order valence-corrected chi connectivity index (χ4v) is 11.1. The van der Waals surface area contributed by atoms with Gasteiger partial charge >= 0.3 is 17.9 Å². The zero-order valence-electron chi connectivity index (χ0n) is 50.2. The average Bonchev–Trinajstić information content (AvgIpc) is 3.60. The third-order valence-electron chi connectivity index (χ3n) is 15.8. The minimum Gasteiger partial charge on any atom is -0.452 e. The van der Waals surface area contributed by atoms with Crippen LogP contribution in [0.2, 0.25) is 18.1 Å². The molecule has 12 nitrogen and oxygen atoms in total. The Labute approximate surface area is 483 Å². The smallest absolute Gasteiger partial charge is 0.338 e. The predicted octanol–water partition coefficient (Wildman–Crippen LogP) is 16.0. The zero-order valence-corrected chi connectivity index (χ0v) is 51.2. The molecule has 0 bridgehead atoms. The summed E-state index contributed by atoms with van der Waals surface area (Å²) in [4.78, 5) is 56.2. The summed E-state index contributed by atoms with van der Waals surface area (Å²) >= 11 is 0. The summed E-state index contributed by atoms with van der Waals surface area (Å²) in [5.41, 5.74) is 0.866. The molecule has 0 aliphatic carbocycles. The molecule has 3 aromatic rings. The second kappa shape index (κ2) is 38.9. The topological polar surface area (TPSA) is 156 Å². The lowest BCUT2D eigenvalue weighted by Crippen LogP contribution is -2.65. The SMILES string of the molecule is CCCCCCCCCCCCC/C=C/[C@@H](OC(=O)c1ccccc1)[C@H](CO[C@H]1O[C@H](CO)[C@@H](OC(=O)c2ccccc2)[C@H](OC(=O)c2ccccc2)[C@@H]1O[Si](C)(C)C(C)(C)C)NC(=O)CCCCCCCCCCCCCCC. The van der Waals surface area contributed by atoms with Crippen LogP contribution in [0.25, 0.3) is 0 Å². The number of allylic oxidation sites excluding steroid dienone is 1. The molecule has 0 aromatic heterocycles. The van der Waals surface area contributed by atoms with Crippen molar-refractivity contribution in [2.45, 2.75) is 263 Å². The Bertz CT molecular complexity index is 2170. The van der Waals surface area contributed by atoms with Gasteiger partial charge in [0.2, 0.25) is 5.91 Å². The molecule has 3 aromatic carbocycles. The lowest BCUT2D eigenvalue weighted by molar-refractivity contribution is -0.297. The molecule has 4 rings (SSSR count). The van der Waals surface area contributed by atoms with E-state index in [0.29, 0.717) is 12.0 Å². The van der Waals surface area contributed by atoms with E-state index in [2.05, 4.69) is 39.9 Å². The van der Waals surface area contributed by atoms with Gasteiger partial charge in [-0.3, -0.25) is 4.79 Å². The average molecular weight is 1130 g/mol. The van der Waals surface area contributed by atoms with E-state index in [1.54, 1.807) is 84.9 Å². The molecule has 1 saturated heterocycles. The van der Waals surface area contributed by atoms with Crippen molar-refractivity contribution in [3.63, 3.8) is 0 Å². The molecule has 1 fully saturated rings. The van der Waals surface area contributed by atoms with E-state index in [9.17, 15) is 24.3 Å². The third-order valence-corrected chi connectivity index (χ3v) is 20.2. The fraction of sp³-hybridized carbons (Fsp3) is 0.642. The number of unbranched alkanes of at least 4 members (excludes halogenated alkanes) is 23. The number of hydrogen-bond donors (Lipinski definition) is 2. The van der Waals surface area contributed by atoms with E-state index in [0.717, 1.165) is 44.9 Å². The van der Waals surface area contributed by atoms with Crippen LogP contribution in [0.5, 0.6) is 0 Å². The Morgan fingerprint density at radius 3 is 1.43 bits per heavy atom. The van der Waals surface area contributed by atoms with Crippen LogP contribution in [0.15, 0.2) is 103 Å². The number of nitrogens with one attached hydrogen (secondary N) is 1. The Kier molecular flexibility index (Phi) is 33.0. The van der Waals surface area contributed by atoms with Crippen LogP contribution in [0.1, 0.15) is 233 Å². The van der Waals surface area contributed by atoms with Gasteiger partial charge in [-0.05, 0) is 79.9 Å². The van der Waals surface area contributed by atoms with Crippen LogP contribution >= 0.6 is 0 Å². The fourth-order valence-electron chi connectivity index (χ4n) is 9.79. The second-order valence-corrected chi connectivity index (χ2v) is 28.3. The van der Waals surface area contributed by atoms with E-state index in [1.807, 2.05) is 31.3 Å². The summed E-state index contributed by atoms with van der Waals surface area (Å²) in [7, 11) is -2.82. The van der Waals surface area contributed by atoms with Crippen LogP contribution < -0.4 is 5.32 Å². The maximum atomic E-state index is 14.2. The number of esters is 3. The molecule has 0 radical (unpaired) electrons. The Hall–Kier alpha value is -4.66. The molecular weight excluding hydrogens is 1020 g/mol. The van der Waals surface area contributed by atoms with E-state index >= 15 is 0 Å². The first-order valence-corrected chi connectivity index (χ1v) is 33.9. The maximum Gasteiger partial charge on any atom is 0.338 e. The first-order valence-electron chi connectivity index (χ1n) is 31.0. The van der Waals surface area contributed by atoms with Crippen molar-refractivity contribution in [2.75, 3.05) is 13.2 Å². The molecule has 0 spiro atoms. The second-order valence-electron chi connectivity index (χ2n) is 23.5. The number of carbonyl (C=O) groups excluding carboxylic acids is 4. The van der Waals surface area contributed by atoms with Crippen LogP contribution in [0.3, 0.4) is 0 Å². The molecule has 1 heterocycles. The van der Waals surface area contributed by atoms with Crippen molar-refractivity contribution in [3.8, 4) is 0 Å². The maximum absolute atomic E-state index is 14.2. The van der Waals surface area contributed by atoms with Gasteiger partial charge in [-0.15, -0.1) is 0 Å². The lowest BCUT2D eigenvalue weighted by Gasteiger charge is -2.49. The first kappa shape index (κ1) is 67.8. The van der Waals surface area contributed by atoms with Gasteiger partial charge in [-0.25, -0.2) is 14.4 Å². The molecule has 1 amide bonds. The van der Waals surface area contributed by atoms with Crippen LogP contribution in [-0.4, -0.2) is 93.3 Å². The molecule has 0 saturated carbocycles. The molecule has 1 aliphatic rings. The molecule has 2 N–H and O–H groups in total. The van der Waals surface area contributed by atoms with E-state index in [4.69, 9.17) is 28.1 Å². The minimum atomic E-state index is -2.82. The highest BCUT2D eigenvalue weighted by molar-refractivity contribution is 6.74. The van der Waals surface area contributed by atoms with Crippen LogP contribution in [0.4, 0.5) is 0 Å². The largest absolute Gasteiger partial charge is 0.452 e. The third kappa shape index (κ3) is 25.6. The van der Waals surface area contributed by atoms with Gasteiger partial charge in [0.05, 0.1) is 35.9 Å². The molecule has 7 atom stereocenters. The molecule has 446 valence electrons. The summed E-state index contributed by atoms with van der Waals surface area (Å²) in [5, 5.41) is 13.9. The van der Waals surface area contributed by atoms with Gasteiger partial charge in [0.1, 0.15) is 18.3 Å². The molecule has 0 unspecified atom stereocenters. The quantitative estimate of drug-likeness (QED) is 0.0183. The molecule has 1 aliphatic heterocycles. The summed E-state index contributed by atoms with van der Waals surface area (Å²) in [5.74, 6) is -2.18. The summed E-state index contributed by atoms with van der Waals surface area (Å²) in [6.45, 7) is 13.9.